The molecule has 0 spiro atoms. The molecule has 3 aromatic carbocycles. The van der Waals surface area contributed by atoms with Gasteiger partial charge in [0.1, 0.15) is 22.4 Å². The van der Waals surface area contributed by atoms with Crippen molar-refractivity contribution in [2.75, 3.05) is 7.11 Å². The Morgan fingerprint density at radius 1 is 1.10 bits per heavy atom. The molecule has 5 rings (SSSR count). The van der Waals surface area contributed by atoms with Gasteiger partial charge < -0.3 is 13.7 Å². The lowest BCUT2D eigenvalue weighted by molar-refractivity contribution is 0.0994. The van der Waals surface area contributed by atoms with Crippen LogP contribution in [0.3, 0.4) is 0 Å². The second-order valence-corrected chi connectivity index (χ2v) is 8.25. The molecule has 2 aromatic heterocycles. The Hall–Kier alpha value is -3.71. The molecule has 0 radical (unpaired) electrons. The van der Waals surface area contributed by atoms with Crippen molar-refractivity contribution < 1.29 is 13.9 Å². The number of carbonyl (C=O) groups is 1. The molecule has 1 amide bonds. The van der Waals surface area contributed by atoms with Gasteiger partial charge in [0.15, 0.2) is 4.80 Å². The monoisotopic (exact) mass is 430 g/mol. The Morgan fingerprint density at radius 3 is 2.71 bits per heavy atom. The minimum atomic E-state index is -0.700. The van der Waals surface area contributed by atoms with Crippen molar-refractivity contribution in [3.05, 3.63) is 80.9 Å². The smallest absolute Gasteiger partial charge is 0.349 e. The van der Waals surface area contributed by atoms with Crippen molar-refractivity contribution in [3.63, 3.8) is 0 Å². The molecule has 0 aliphatic rings. The van der Waals surface area contributed by atoms with E-state index in [0.717, 1.165) is 26.6 Å². The number of hydrogen-bond acceptors (Lipinski definition) is 5. The fraction of sp³-hybridized carbons (Fsp3) is 0.125. The largest absolute Gasteiger partial charge is 0.495 e. The van der Waals surface area contributed by atoms with E-state index in [1.54, 1.807) is 19.2 Å². The zero-order valence-corrected chi connectivity index (χ0v) is 17.9. The third kappa shape index (κ3) is 3.05. The van der Waals surface area contributed by atoms with Crippen LogP contribution in [-0.4, -0.2) is 17.6 Å². The SMILES string of the molecule is COc1ccc(C)c2sc(=NC(=O)c3cc4c(ccc5ccccc54)oc3=O)n(C)c12. The van der Waals surface area contributed by atoms with Gasteiger partial charge in [-0.2, -0.15) is 4.99 Å². The van der Waals surface area contributed by atoms with E-state index in [-0.39, 0.29) is 5.56 Å². The first-order valence-electron chi connectivity index (χ1n) is 9.65. The predicted octanol–water partition coefficient (Wildman–Crippen LogP) is 4.56. The number of carbonyl (C=O) groups excluding carboxylic acids is 1. The van der Waals surface area contributed by atoms with Gasteiger partial charge in [-0.05, 0) is 41.5 Å². The van der Waals surface area contributed by atoms with Crippen LogP contribution >= 0.6 is 11.3 Å². The maximum absolute atomic E-state index is 13.0. The lowest BCUT2D eigenvalue weighted by Gasteiger charge is -2.05. The average Bonchev–Trinajstić information content (AvgIpc) is 3.10. The van der Waals surface area contributed by atoms with Crippen molar-refractivity contribution in [1.29, 1.82) is 0 Å². The van der Waals surface area contributed by atoms with Gasteiger partial charge in [0.05, 0.1) is 11.8 Å². The van der Waals surface area contributed by atoms with Gasteiger partial charge in [0.2, 0.25) is 0 Å². The molecule has 6 nitrogen and oxygen atoms in total. The summed E-state index contributed by atoms with van der Waals surface area (Å²) in [5.41, 5.74) is 1.56. The number of amides is 1. The fourth-order valence-electron chi connectivity index (χ4n) is 3.79. The summed E-state index contributed by atoms with van der Waals surface area (Å²) < 4.78 is 13.7. The molecular formula is C24H18N2O4S. The normalized spacial score (nSPS) is 12.2. The van der Waals surface area contributed by atoms with Gasteiger partial charge in [-0.3, -0.25) is 4.79 Å². The molecule has 0 aliphatic carbocycles. The molecule has 31 heavy (non-hydrogen) atoms. The minimum Gasteiger partial charge on any atom is -0.495 e. The van der Waals surface area contributed by atoms with Crippen molar-refractivity contribution >= 4 is 49.2 Å². The van der Waals surface area contributed by atoms with Gasteiger partial charge in [-0.25, -0.2) is 4.79 Å². The molecule has 0 fully saturated rings. The number of hydrogen-bond donors (Lipinski definition) is 0. The number of rotatable bonds is 2. The number of fused-ring (bicyclic) bond motifs is 4. The Morgan fingerprint density at radius 2 is 1.90 bits per heavy atom. The second kappa shape index (κ2) is 7.21. The number of ether oxygens (including phenoxy) is 1. The first-order valence-corrected chi connectivity index (χ1v) is 10.5. The van der Waals surface area contributed by atoms with Crippen LogP contribution in [0.2, 0.25) is 0 Å². The molecule has 0 saturated heterocycles. The lowest BCUT2D eigenvalue weighted by atomic mass is 10.0. The van der Waals surface area contributed by atoms with Crippen LogP contribution in [0.15, 0.2) is 68.8 Å². The maximum atomic E-state index is 13.0. The number of thiazole rings is 1. The second-order valence-electron chi connectivity index (χ2n) is 7.27. The van der Waals surface area contributed by atoms with Gasteiger partial charge in [-0.15, -0.1) is 0 Å². The standard InChI is InChI=1S/C24H18N2O4S/c1-13-8-10-19(29-3)20-21(13)31-24(26(20)2)25-22(27)17-12-16-15-7-5-4-6-14(15)9-11-18(16)30-23(17)28/h4-12H,1-3H3. The first-order chi connectivity index (χ1) is 15.0. The van der Waals surface area contributed by atoms with Gasteiger partial charge in [-0.1, -0.05) is 47.7 Å². The van der Waals surface area contributed by atoms with Gasteiger partial charge in [0.25, 0.3) is 5.91 Å². The van der Waals surface area contributed by atoms with E-state index in [9.17, 15) is 9.59 Å². The molecule has 7 heteroatoms. The highest BCUT2D eigenvalue weighted by Crippen LogP contribution is 2.30. The van der Waals surface area contributed by atoms with E-state index in [1.165, 1.54) is 11.3 Å². The van der Waals surface area contributed by atoms with Crippen molar-refractivity contribution in [2.45, 2.75) is 6.92 Å². The van der Waals surface area contributed by atoms with E-state index in [4.69, 9.17) is 9.15 Å². The molecule has 0 atom stereocenters. The lowest BCUT2D eigenvalue weighted by Crippen LogP contribution is -2.18. The quantitative estimate of drug-likeness (QED) is 0.304. The minimum absolute atomic E-state index is 0.0926. The average molecular weight is 430 g/mol. The van der Waals surface area contributed by atoms with Gasteiger partial charge in [0, 0.05) is 12.4 Å². The molecule has 0 aliphatic heterocycles. The molecule has 2 heterocycles. The molecule has 5 aromatic rings. The van der Waals surface area contributed by atoms with Crippen molar-refractivity contribution in [3.8, 4) is 5.75 Å². The third-order valence-electron chi connectivity index (χ3n) is 5.40. The fourth-order valence-corrected chi connectivity index (χ4v) is 4.89. The summed E-state index contributed by atoms with van der Waals surface area (Å²) >= 11 is 1.38. The first kappa shape index (κ1) is 19.3. The molecule has 0 unspecified atom stereocenters. The van der Waals surface area contributed by atoms with Crippen LogP contribution in [0.4, 0.5) is 0 Å². The molecule has 154 valence electrons. The van der Waals surface area contributed by atoms with Crippen LogP contribution in [0.1, 0.15) is 15.9 Å². The Bertz CT molecular complexity index is 1640. The van der Waals surface area contributed by atoms with Crippen LogP contribution in [0.25, 0.3) is 32.0 Å². The highest BCUT2D eigenvalue weighted by Gasteiger charge is 2.17. The molecule has 0 bridgehead atoms. The Kier molecular flexibility index (Phi) is 4.48. The summed E-state index contributed by atoms with van der Waals surface area (Å²) in [6.45, 7) is 1.99. The van der Waals surface area contributed by atoms with Crippen LogP contribution in [0, 0.1) is 6.92 Å². The van der Waals surface area contributed by atoms with Crippen LogP contribution < -0.4 is 15.2 Å². The summed E-state index contributed by atoms with van der Waals surface area (Å²) in [5, 5.41) is 2.61. The zero-order valence-electron chi connectivity index (χ0n) is 17.1. The number of aromatic nitrogens is 1. The highest BCUT2D eigenvalue weighted by molar-refractivity contribution is 7.16. The predicted molar refractivity (Wildman–Crippen MR) is 122 cm³/mol. The highest BCUT2D eigenvalue weighted by atomic mass is 32.1. The summed E-state index contributed by atoms with van der Waals surface area (Å²) in [4.78, 5) is 30.3. The third-order valence-corrected chi connectivity index (χ3v) is 6.66. The topological polar surface area (TPSA) is 73.8 Å². The number of benzene rings is 3. The summed E-state index contributed by atoms with van der Waals surface area (Å²) in [5.74, 6) is 0.0623. The number of aryl methyl sites for hydroxylation is 2. The molecule has 0 N–H and O–H groups in total. The van der Waals surface area contributed by atoms with Crippen LogP contribution in [-0.2, 0) is 7.05 Å². The van der Waals surface area contributed by atoms with E-state index in [2.05, 4.69) is 4.99 Å². The van der Waals surface area contributed by atoms with E-state index in [1.807, 2.05) is 61.0 Å². The molecular weight excluding hydrogens is 412 g/mol. The maximum Gasteiger partial charge on any atom is 0.349 e. The van der Waals surface area contributed by atoms with Crippen molar-refractivity contribution in [1.82, 2.24) is 4.57 Å². The Balaban J connectivity index is 1.72. The molecule has 0 saturated carbocycles. The zero-order chi connectivity index (χ0) is 21.7. The summed E-state index contributed by atoms with van der Waals surface area (Å²) in [6.07, 6.45) is 0. The van der Waals surface area contributed by atoms with E-state index in [0.29, 0.717) is 21.5 Å². The summed E-state index contributed by atoms with van der Waals surface area (Å²) in [6, 6.07) is 16.8. The van der Waals surface area contributed by atoms with E-state index < -0.39 is 11.5 Å². The summed E-state index contributed by atoms with van der Waals surface area (Å²) in [7, 11) is 3.43. The van der Waals surface area contributed by atoms with Gasteiger partial charge >= 0.3 is 5.63 Å². The van der Waals surface area contributed by atoms with Crippen LogP contribution in [0.5, 0.6) is 5.75 Å². The number of methoxy groups -OCH3 is 1. The van der Waals surface area contributed by atoms with E-state index >= 15 is 0 Å². The number of nitrogens with zero attached hydrogens (tertiary/aromatic N) is 2. The van der Waals surface area contributed by atoms with Crippen molar-refractivity contribution in [2.24, 2.45) is 12.0 Å². The Labute approximate surface area is 180 Å².